The number of nitrogens with zero attached hydrogens (tertiary/aromatic N) is 3. The van der Waals surface area contributed by atoms with Gasteiger partial charge < -0.3 is 5.73 Å². The lowest BCUT2D eigenvalue weighted by Gasteiger charge is -1.99. The van der Waals surface area contributed by atoms with Crippen LogP contribution in [-0.2, 0) is 11.1 Å². The number of aromatic nitrogens is 3. The second-order valence-corrected chi connectivity index (χ2v) is 4.07. The molecule has 0 bridgehead atoms. The standard InChI is InChI=1S/C8H8N5O3P/c9-7(14)6-4-13-5(3-11-17(15)16)1-2-10-8(13)12-6/h1-2,4H,3H2,(H3-,9,11,14,15,16)/p+1. The van der Waals surface area contributed by atoms with Crippen molar-refractivity contribution in [3.63, 3.8) is 0 Å². The van der Waals surface area contributed by atoms with Crippen LogP contribution in [0.25, 0.3) is 5.78 Å². The monoisotopic (exact) mass is 254 g/mol. The highest BCUT2D eigenvalue weighted by Crippen LogP contribution is 2.10. The van der Waals surface area contributed by atoms with Crippen LogP contribution in [0.5, 0.6) is 0 Å². The van der Waals surface area contributed by atoms with Gasteiger partial charge in [-0.2, -0.15) is 0 Å². The van der Waals surface area contributed by atoms with E-state index in [4.69, 9.17) is 10.6 Å². The Kier molecular flexibility index (Phi) is 3.10. The van der Waals surface area contributed by atoms with Gasteiger partial charge >= 0.3 is 8.18 Å². The number of nitrogens with one attached hydrogen (secondary N) is 1. The van der Waals surface area contributed by atoms with Gasteiger partial charge in [0, 0.05) is 18.1 Å². The molecule has 0 radical (unpaired) electrons. The molecule has 0 fully saturated rings. The number of hydrogen-bond donors (Lipinski definition) is 3. The molecule has 2 rings (SSSR count). The first-order chi connectivity index (χ1) is 8.08. The molecule has 0 aliphatic rings. The third kappa shape index (κ3) is 2.44. The summed E-state index contributed by atoms with van der Waals surface area (Å²) in [4.78, 5) is 27.5. The number of nitrogens with two attached hydrogens (primary N) is 1. The van der Waals surface area contributed by atoms with E-state index in [9.17, 15) is 9.36 Å². The van der Waals surface area contributed by atoms with Gasteiger partial charge in [0.05, 0.1) is 6.54 Å². The zero-order chi connectivity index (χ0) is 12.4. The zero-order valence-corrected chi connectivity index (χ0v) is 9.46. The van der Waals surface area contributed by atoms with Crippen molar-refractivity contribution in [3.05, 3.63) is 29.8 Å². The third-order valence-electron chi connectivity index (χ3n) is 2.10. The molecular weight excluding hydrogens is 245 g/mol. The van der Waals surface area contributed by atoms with Crippen molar-refractivity contribution in [1.82, 2.24) is 19.5 Å². The Labute approximate surface area is 96.4 Å². The molecule has 4 N–H and O–H groups in total. The van der Waals surface area contributed by atoms with E-state index in [0.717, 1.165) is 0 Å². The summed E-state index contributed by atoms with van der Waals surface area (Å²) in [6.45, 7) is 0.152. The summed E-state index contributed by atoms with van der Waals surface area (Å²) < 4.78 is 12.1. The smallest absolute Gasteiger partial charge is 0.364 e. The Bertz CT molecular complexity index is 596. The van der Waals surface area contributed by atoms with E-state index in [0.29, 0.717) is 11.5 Å². The Morgan fingerprint density at radius 1 is 1.65 bits per heavy atom. The number of hydrogen-bond acceptors (Lipinski definition) is 4. The molecule has 2 aromatic heterocycles. The van der Waals surface area contributed by atoms with E-state index in [-0.39, 0.29) is 12.2 Å². The van der Waals surface area contributed by atoms with E-state index in [1.54, 1.807) is 6.07 Å². The van der Waals surface area contributed by atoms with Crippen LogP contribution in [-0.4, -0.2) is 25.2 Å². The van der Waals surface area contributed by atoms with Gasteiger partial charge in [-0.15, -0.1) is 4.89 Å². The zero-order valence-electron chi connectivity index (χ0n) is 8.57. The quantitative estimate of drug-likeness (QED) is 0.636. The van der Waals surface area contributed by atoms with Crippen molar-refractivity contribution in [1.29, 1.82) is 0 Å². The summed E-state index contributed by atoms with van der Waals surface area (Å²) in [6, 6.07) is 1.64. The summed E-state index contributed by atoms with van der Waals surface area (Å²) >= 11 is 0. The molecule has 1 amide bonds. The molecule has 8 nitrogen and oxygen atoms in total. The average Bonchev–Trinajstić information content (AvgIpc) is 2.70. The van der Waals surface area contributed by atoms with Crippen molar-refractivity contribution < 1.29 is 14.3 Å². The highest BCUT2D eigenvalue weighted by atomic mass is 31.1. The molecule has 0 saturated heterocycles. The molecule has 2 aromatic rings. The molecule has 1 atom stereocenters. The molecule has 9 heteroatoms. The van der Waals surface area contributed by atoms with Gasteiger partial charge in [0.1, 0.15) is 5.69 Å². The minimum atomic E-state index is -2.43. The van der Waals surface area contributed by atoms with Gasteiger partial charge in [-0.3, -0.25) is 9.20 Å². The van der Waals surface area contributed by atoms with Crippen LogP contribution in [0.4, 0.5) is 0 Å². The summed E-state index contributed by atoms with van der Waals surface area (Å²) in [5, 5.41) is 2.36. The van der Waals surface area contributed by atoms with Crippen LogP contribution in [0.2, 0.25) is 0 Å². The second kappa shape index (κ2) is 4.54. The molecule has 1 unspecified atom stereocenters. The second-order valence-electron chi connectivity index (χ2n) is 3.20. The number of carbonyl (C=O) groups is 1. The fourth-order valence-electron chi connectivity index (χ4n) is 1.35. The largest absolute Gasteiger partial charge is 0.610 e. The Morgan fingerprint density at radius 3 is 3.06 bits per heavy atom. The van der Waals surface area contributed by atoms with E-state index in [1.165, 1.54) is 16.8 Å². The van der Waals surface area contributed by atoms with Crippen LogP contribution in [0.1, 0.15) is 16.2 Å². The summed E-state index contributed by atoms with van der Waals surface area (Å²) in [5.41, 5.74) is 5.85. The number of primary amides is 1. The first-order valence-electron chi connectivity index (χ1n) is 4.60. The maximum absolute atomic E-state index is 11.0. The predicted molar refractivity (Wildman–Crippen MR) is 58.2 cm³/mol. The molecule has 0 aliphatic heterocycles. The van der Waals surface area contributed by atoms with Crippen molar-refractivity contribution in [2.75, 3.05) is 0 Å². The summed E-state index contributed by atoms with van der Waals surface area (Å²) in [5.74, 6) is -0.339. The molecule has 2 heterocycles. The number of carbonyl (C=O) groups excluding carboxylic acids is 1. The van der Waals surface area contributed by atoms with Crippen LogP contribution in [0.3, 0.4) is 0 Å². The lowest BCUT2D eigenvalue weighted by molar-refractivity contribution is 0.0996. The van der Waals surface area contributed by atoms with E-state index < -0.39 is 14.1 Å². The fraction of sp³-hybridized carbons (Fsp3) is 0.125. The lowest BCUT2D eigenvalue weighted by atomic mass is 10.4. The topological polar surface area (TPSA) is 123 Å². The molecule has 0 spiro atoms. The number of amides is 1. The normalized spacial score (nSPS) is 11.7. The van der Waals surface area contributed by atoms with E-state index >= 15 is 0 Å². The first kappa shape index (κ1) is 11.6. The van der Waals surface area contributed by atoms with Gasteiger partial charge in [-0.25, -0.2) is 9.97 Å². The Morgan fingerprint density at radius 2 is 2.41 bits per heavy atom. The maximum atomic E-state index is 11.0. The third-order valence-corrected chi connectivity index (χ3v) is 2.53. The van der Waals surface area contributed by atoms with Gasteiger partial charge in [0.15, 0.2) is 0 Å². The molecular formula is C8H9N5O3P+. The Hall–Kier alpha value is -1.89. The molecule has 0 aromatic carbocycles. The van der Waals surface area contributed by atoms with Crippen LogP contribution in [0.15, 0.2) is 18.5 Å². The lowest BCUT2D eigenvalue weighted by Crippen LogP contribution is -2.11. The molecule has 0 saturated carbocycles. The Balaban J connectivity index is 2.42. The van der Waals surface area contributed by atoms with E-state index in [2.05, 4.69) is 15.1 Å². The SMILES string of the molecule is NC(=O)c1cn2c(CN[P+](=O)O)ccnc2n1. The minimum Gasteiger partial charge on any atom is -0.364 e. The molecule has 88 valence electrons. The van der Waals surface area contributed by atoms with Gasteiger partial charge in [-0.05, 0) is 10.6 Å². The van der Waals surface area contributed by atoms with Crippen LogP contribution in [0, 0.1) is 0 Å². The fourth-order valence-corrected chi connectivity index (χ4v) is 1.65. The maximum Gasteiger partial charge on any atom is 0.610 e. The van der Waals surface area contributed by atoms with Gasteiger partial charge in [0.25, 0.3) is 5.91 Å². The minimum absolute atomic E-state index is 0.0957. The highest BCUT2D eigenvalue weighted by Gasteiger charge is 2.13. The summed E-state index contributed by atoms with van der Waals surface area (Å²) in [6.07, 6.45) is 2.93. The van der Waals surface area contributed by atoms with Crippen molar-refractivity contribution in [3.8, 4) is 0 Å². The van der Waals surface area contributed by atoms with E-state index in [1.807, 2.05) is 0 Å². The van der Waals surface area contributed by atoms with Crippen molar-refractivity contribution >= 4 is 19.9 Å². The number of imidazole rings is 1. The van der Waals surface area contributed by atoms with Gasteiger partial charge in [-0.1, -0.05) is 5.09 Å². The van der Waals surface area contributed by atoms with Crippen molar-refractivity contribution in [2.45, 2.75) is 6.54 Å². The first-order valence-corrected chi connectivity index (χ1v) is 5.81. The van der Waals surface area contributed by atoms with Crippen molar-refractivity contribution in [2.24, 2.45) is 5.73 Å². The molecule has 17 heavy (non-hydrogen) atoms. The van der Waals surface area contributed by atoms with Crippen LogP contribution < -0.4 is 10.8 Å². The average molecular weight is 254 g/mol. The van der Waals surface area contributed by atoms with Crippen LogP contribution >= 0.6 is 8.18 Å². The summed E-state index contributed by atoms with van der Waals surface area (Å²) in [7, 11) is -2.43. The highest BCUT2D eigenvalue weighted by molar-refractivity contribution is 7.35. The van der Waals surface area contributed by atoms with Gasteiger partial charge in [0.2, 0.25) is 5.78 Å². The number of fused-ring (bicyclic) bond motifs is 1. The predicted octanol–water partition coefficient (Wildman–Crippen LogP) is -0.433. The number of rotatable bonds is 4. The molecule has 0 aliphatic carbocycles.